The summed E-state index contributed by atoms with van der Waals surface area (Å²) < 4.78 is 15.0. The summed E-state index contributed by atoms with van der Waals surface area (Å²) in [5, 5.41) is 13.8. The van der Waals surface area contributed by atoms with Crippen LogP contribution in [0.4, 0.5) is 4.39 Å². The molecule has 21 heavy (non-hydrogen) atoms. The number of rotatable bonds is 2. The SMILES string of the molecule is Cn1cc(-c2cc(Cl)nc(-c3cc(O)cc(F)c3)n2)cn1. The third-order valence-electron chi connectivity index (χ3n) is 2.84. The number of aromatic hydroxyl groups is 1. The van der Waals surface area contributed by atoms with Gasteiger partial charge in [0.1, 0.15) is 16.7 Å². The molecule has 1 aromatic carbocycles. The Kier molecular flexibility index (Phi) is 3.31. The van der Waals surface area contributed by atoms with E-state index in [9.17, 15) is 9.50 Å². The molecule has 5 nitrogen and oxygen atoms in total. The summed E-state index contributed by atoms with van der Waals surface area (Å²) in [6, 6.07) is 5.22. The molecule has 2 heterocycles. The molecule has 0 aliphatic rings. The number of nitrogens with zero attached hydrogens (tertiary/aromatic N) is 4. The van der Waals surface area contributed by atoms with Gasteiger partial charge in [0.15, 0.2) is 5.82 Å². The van der Waals surface area contributed by atoms with Crippen LogP contribution in [0, 0.1) is 5.82 Å². The molecular weight excluding hydrogens is 295 g/mol. The van der Waals surface area contributed by atoms with Crippen molar-refractivity contribution in [3.05, 3.63) is 47.6 Å². The normalized spacial score (nSPS) is 10.8. The maximum absolute atomic E-state index is 13.4. The first-order valence-corrected chi connectivity index (χ1v) is 6.42. The number of benzene rings is 1. The molecule has 7 heteroatoms. The van der Waals surface area contributed by atoms with Crippen molar-refractivity contribution in [1.82, 2.24) is 19.7 Å². The molecule has 3 aromatic rings. The van der Waals surface area contributed by atoms with Crippen LogP contribution in [0.25, 0.3) is 22.6 Å². The van der Waals surface area contributed by atoms with Crippen LogP contribution in [0.2, 0.25) is 5.15 Å². The fourth-order valence-corrected chi connectivity index (χ4v) is 2.13. The molecule has 3 rings (SSSR count). The van der Waals surface area contributed by atoms with Crippen LogP contribution in [0.1, 0.15) is 0 Å². The third kappa shape index (κ3) is 2.85. The molecule has 1 N–H and O–H groups in total. The van der Waals surface area contributed by atoms with E-state index in [1.54, 1.807) is 30.2 Å². The van der Waals surface area contributed by atoms with Crippen molar-refractivity contribution in [3.8, 4) is 28.4 Å². The third-order valence-corrected chi connectivity index (χ3v) is 3.03. The smallest absolute Gasteiger partial charge is 0.161 e. The van der Waals surface area contributed by atoms with Crippen molar-refractivity contribution in [3.63, 3.8) is 0 Å². The van der Waals surface area contributed by atoms with Crippen molar-refractivity contribution >= 4 is 11.6 Å². The highest BCUT2D eigenvalue weighted by Crippen LogP contribution is 2.26. The largest absolute Gasteiger partial charge is 0.508 e. The summed E-state index contributed by atoms with van der Waals surface area (Å²) in [5.41, 5.74) is 1.69. The van der Waals surface area contributed by atoms with E-state index in [0.717, 1.165) is 11.6 Å². The van der Waals surface area contributed by atoms with E-state index < -0.39 is 5.82 Å². The first-order valence-electron chi connectivity index (χ1n) is 6.05. The summed E-state index contributed by atoms with van der Waals surface area (Å²) in [5.74, 6) is -0.538. The molecule has 0 atom stereocenters. The topological polar surface area (TPSA) is 63.8 Å². The monoisotopic (exact) mass is 304 g/mol. The molecule has 0 amide bonds. The average Bonchev–Trinajstić information content (AvgIpc) is 2.83. The minimum atomic E-state index is -0.573. The molecule has 0 spiro atoms. The van der Waals surface area contributed by atoms with E-state index in [1.165, 1.54) is 12.1 Å². The van der Waals surface area contributed by atoms with Gasteiger partial charge in [-0.15, -0.1) is 0 Å². The lowest BCUT2D eigenvalue weighted by Gasteiger charge is -2.05. The highest BCUT2D eigenvalue weighted by atomic mass is 35.5. The van der Waals surface area contributed by atoms with Gasteiger partial charge in [0.25, 0.3) is 0 Å². The lowest BCUT2D eigenvalue weighted by Crippen LogP contribution is -1.93. The Balaban J connectivity index is 2.13. The quantitative estimate of drug-likeness (QED) is 0.739. The number of hydrogen-bond acceptors (Lipinski definition) is 4. The lowest BCUT2D eigenvalue weighted by atomic mass is 10.2. The molecular formula is C14H10ClFN4O. The van der Waals surface area contributed by atoms with Gasteiger partial charge >= 0.3 is 0 Å². The van der Waals surface area contributed by atoms with E-state index >= 15 is 0 Å². The Labute approximate surface area is 124 Å². The number of halogens is 2. The molecule has 0 aliphatic heterocycles. The fourth-order valence-electron chi connectivity index (χ4n) is 1.95. The van der Waals surface area contributed by atoms with Gasteiger partial charge < -0.3 is 5.11 Å². The molecule has 0 saturated heterocycles. The number of hydrogen-bond donors (Lipinski definition) is 1. The van der Waals surface area contributed by atoms with Crippen molar-refractivity contribution in [2.45, 2.75) is 0 Å². The molecule has 0 fully saturated rings. The molecule has 0 saturated carbocycles. The lowest BCUT2D eigenvalue weighted by molar-refractivity contribution is 0.469. The second kappa shape index (κ2) is 5.14. The van der Waals surface area contributed by atoms with E-state index in [2.05, 4.69) is 15.1 Å². The molecule has 0 aliphatic carbocycles. The minimum absolute atomic E-state index is 0.198. The Morgan fingerprint density at radius 1 is 1.14 bits per heavy atom. The molecule has 0 bridgehead atoms. The first-order chi connectivity index (χ1) is 10.0. The molecule has 0 unspecified atom stereocenters. The number of phenolic OH excluding ortho intramolecular Hbond substituents is 1. The van der Waals surface area contributed by atoms with Crippen LogP contribution >= 0.6 is 11.6 Å². The number of aryl methyl sites for hydroxylation is 1. The Morgan fingerprint density at radius 3 is 2.62 bits per heavy atom. The van der Waals surface area contributed by atoms with Crippen LogP contribution in [0.3, 0.4) is 0 Å². The summed E-state index contributed by atoms with van der Waals surface area (Å²) >= 11 is 6.00. The highest BCUT2D eigenvalue weighted by molar-refractivity contribution is 6.29. The maximum Gasteiger partial charge on any atom is 0.161 e. The van der Waals surface area contributed by atoms with Crippen LogP contribution in [0.5, 0.6) is 5.75 Å². The number of phenols is 1. The molecule has 0 radical (unpaired) electrons. The molecule has 106 valence electrons. The maximum atomic E-state index is 13.4. The Hall–Kier alpha value is -2.47. The fraction of sp³-hybridized carbons (Fsp3) is 0.0714. The van der Waals surface area contributed by atoms with E-state index in [0.29, 0.717) is 11.3 Å². The number of aromatic nitrogens is 4. The van der Waals surface area contributed by atoms with Crippen LogP contribution in [0.15, 0.2) is 36.7 Å². The second-order valence-electron chi connectivity index (χ2n) is 4.50. The van der Waals surface area contributed by atoms with Crippen molar-refractivity contribution < 1.29 is 9.50 Å². The summed E-state index contributed by atoms with van der Waals surface area (Å²) in [6.45, 7) is 0. The van der Waals surface area contributed by atoms with E-state index in [1.807, 2.05) is 0 Å². The van der Waals surface area contributed by atoms with Crippen LogP contribution in [-0.2, 0) is 7.05 Å². The van der Waals surface area contributed by atoms with E-state index in [-0.39, 0.29) is 16.7 Å². The van der Waals surface area contributed by atoms with Gasteiger partial charge in [-0.3, -0.25) is 4.68 Å². The van der Waals surface area contributed by atoms with Crippen molar-refractivity contribution in [2.24, 2.45) is 7.05 Å². The van der Waals surface area contributed by atoms with Crippen LogP contribution < -0.4 is 0 Å². The van der Waals surface area contributed by atoms with Gasteiger partial charge in [0.05, 0.1) is 11.9 Å². The van der Waals surface area contributed by atoms with Gasteiger partial charge in [0, 0.05) is 36.5 Å². The van der Waals surface area contributed by atoms with Gasteiger partial charge in [-0.05, 0) is 12.1 Å². The predicted molar refractivity (Wildman–Crippen MR) is 76.3 cm³/mol. The van der Waals surface area contributed by atoms with Gasteiger partial charge in [-0.25, -0.2) is 14.4 Å². The highest BCUT2D eigenvalue weighted by Gasteiger charge is 2.11. The second-order valence-corrected chi connectivity index (χ2v) is 4.89. The van der Waals surface area contributed by atoms with Gasteiger partial charge in [0.2, 0.25) is 0 Å². The average molecular weight is 305 g/mol. The Morgan fingerprint density at radius 2 is 1.95 bits per heavy atom. The zero-order chi connectivity index (χ0) is 15.0. The zero-order valence-electron chi connectivity index (χ0n) is 11.0. The van der Waals surface area contributed by atoms with Crippen LogP contribution in [-0.4, -0.2) is 24.9 Å². The minimum Gasteiger partial charge on any atom is -0.508 e. The van der Waals surface area contributed by atoms with Crippen molar-refractivity contribution in [1.29, 1.82) is 0 Å². The van der Waals surface area contributed by atoms with E-state index in [4.69, 9.17) is 11.6 Å². The first kappa shape index (κ1) is 13.5. The molecule has 2 aromatic heterocycles. The summed E-state index contributed by atoms with van der Waals surface area (Å²) in [7, 11) is 1.79. The van der Waals surface area contributed by atoms with Crippen molar-refractivity contribution in [2.75, 3.05) is 0 Å². The standard InChI is InChI=1S/C14H10ClFN4O/c1-20-7-9(6-17-20)12-5-13(15)19-14(18-12)8-2-10(16)4-11(21)3-8/h2-7,21H,1H3. The summed E-state index contributed by atoms with van der Waals surface area (Å²) in [4.78, 5) is 8.41. The zero-order valence-corrected chi connectivity index (χ0v) is 11.7. The summed E-state index contributed by atoms with van der Waals surface area (Å²) in [6.07, 6.45) is 3.43. The Bertz CT molecular complexity index is 798. The van der Waals surface area contributed by atoms with Gasteiger partial charge in [-0.2, -0.15) is 5.10 Å². The van der Waals surface area contributed by atoms with Gasteiger partial charge in [-0.1, -0.05) is 11.6 Å². The predicted octanol–water partition coefficient (Wildman–Crippen LogP) is 3.04.